The highest BCUT2D eigenvalue weighted by Crippen LogP contribution is 2.41. The van der Waals surface area contributed by atoms with E-state index in [-0.39, 0.29) is 56.6 Å². The van der Waals surface area contributed by atoms with Crippen LogP contribution in [0.5, 0.6) is 0 Å². The maximum Gasteiger partial charge on any atom is 0.490 e. The number of halogens is 8. The van der Waals surface area contributed by atoms with Crippen molar-refractivity contribution < 1.29 is 53.1 Å². The Kier molecular flexibility index (Phi) is 8.94. The first-order chi connectivity index (χ1) is 23.8. The molecule has 3 heterocycles. The summed E-state index contributed by atoms with van der Waals surface area (Å²) in [5, 5.41) is 2.39. The van der Waals surface area contributed by atoms with Gasteiger partial charge in [0.25, 0.3) is 16.4 Å². The molecule has 270 valence electrons. The molecule has 0 radical (unpaired) electrons. The van der Waals surface area contributed by atoms with Gasteiger partial charge in [0.1, 0.15) is 5.69 Å². The molecule has 6 rings (SSSR count). The Labute approximate surface area is 283 Å². The number of nitrogens with two attached hydrogens (primary N) is 1. The van der Waals surface area contributed by atoms with Gasteiger partial charge in [0.15, 0.2) is 5.72 Å². The van der Waals surface area contributed by atoms with Gasteiger partial charge in [-0.2, -0.15) is 26.3 Å². The second kappa shape index (κ2) is 12.7. The fourth-order valence-corrected chi connectivity index (χ4v) is 7.32. The fourth-order valence-electron chi connectivity index (χ4n) is 5.96. The molecule has 1 aliphatic carbocycles. The van der Waals surface area contributed by atoms with Crippen LogP contribution in [0.15, 0.2) is 66.0 Å². The number of nitrogens with zero attached hydrogens (tertiary/aromatic N) is 4. The minimum atomic E-state index is -5.34. The van der Waals surface area contributed by atoms with Gasteiger partial charge in [-0.25, -0.2) is 35.9 Å². The molecule has 0 bridgehead atoms. The number of ether oxygens (including phenoxy) is 1. The number of fused-ring (bicyclic) bond motifs is 2. The zero-order valence-electron chi connectivity index (χ0n) is 26.2. The summed E-state index contributed by atoms with van der Waals surface area (Å²) in [5.41, 5.74) is 1.97. The number of hydrogen-bond acceptors (Lipinski definition) is 9. The molecular formula is C32H26F8N6O4S. The summed E-state index contributed by atoms with van der Waals surface area (Å²) in [6, 6.07) is 6.78. The number of aromatic nitrogens is 4. The monoisotopic (exact) mass is 742 g/mol. The summed E-state index contributed by atoms with van der Waals surface area (Å²) in [6.07, 6.45) is -9.72. The van der Waals surface area contributed by atoms with Crippen molar-refractivity contribution in [1.29, 1.82) is 0 Å². The summed E-state index contributed by atoms with van der Waals surface area (Å²) in [4.78, 5) is 23.6. The molecule has 2 atom stereocenters. The number of pyridine rings is 1. The van der Waals surface area contributed by atoms with Crippen molar-refractivity contribution in [1.82, 2.24) is 18.9 Å². The Morgan fingerprint density at radius 2 is 1.71 bits per heavy atom. The molecule has 51 heavy (non-hydrogen) atoms. The van der Waals surface area contributed by atoms with Crippen molar-refractivity contribution in [3.8, 4) is 11.1 Å². The Hall–Kier alpha value is -4.91. The zero-order chi connectivity index (χ0) is 37.1. The van der Waals surface area contributed by atoms with Crippen LogP contribution in [0.1, 0.15) is 48.9 Å². The first kappa shape index (κ1) is 35.9. The van der Waals surface area contributed by atoms with E-state index in [0.29, 0.717) is 28.4 Å². The van der Waals surface area contributed by atoms with E-state index in [1.54, 1.807) is 6.92 Å². The van der Waals surface area contributed by atoms with Crippen LogP contribution in [0.3, 0.4) is 0 Å². The van der Waals surface area contributed by atoms with E-state index in [2.05, 4.69) is 25.0 Å². The number of carbonyl (C=O) groups is 1. The molecule has 0 spiro atoms. The van der Waals surface area contributed by atoms with Gasteiger partial charge in [-0.3, -0.25) is 10.7 Å². The van der Waals surface area contributed by atoms with Gasteiger partial charge in [0.2, 0.25) is 5.95 Å². The predicted molar refractivity (Wildman–Crippen MR) is 167 cm³/mol. The van der Waals surface area contributed by atoms with Gasteiger partial charge in [-0.05, 0) is 44.0 Å². The van der Waals surface area contributed by atoms with Crippen molar-refractivity contribution in [3.63, 3.8) is 0 Å². The fraction of sp³-hybridized carbons (Fsp3) is 0.312. The standard InChI is InChI=1S/C32H26F8N6O4S/c1-16-5-8-18(9-6-16)51(48,49)46-15-22(19-10-7-17(12-23(19)46)31(35,36)37)20-13-42-26(27(33)34)21-14-43-29(45-25(20)21)44-24-4-2-3-11-30(24,41)50-28(47)32(38,39)40/h5-10,12-15,24,27H,2-4,11,41H2,1H3,(H,43,44,45)/t24-,30+/m1/s1. The van der Waals surface area contributed by atoms with Gasteiger partial charge in [-0.15, -0.1) is 0 Å². The van der Waals surface area contributed by atoms with Gasteiger partial charge < -0.3 is 10.1 Å². The highest BCUT2D eigenvalue weighted by atomic mass is 32.2. The normalized spacial score (nSPS) is 18.8. The molecule has 0 aliphatic heterocycles. The van der Waals surface area contributed by atoms with Crippen LogP contribution in [0.25, 0.3) is 32.9 Å². The van der Waals surface area contributed by atoms with E-state index in [9.17, 15) is 48.3 Å². The van der Waals surface area contributed by atoms with Crippen molar-refractivity contribution in [2.75, 3.05) is 5.32 Å². The minimum Gasteiger partial charge on any atom is -0.435 e. The van der Waals surface area contributed by atoms with Crippen LogP contribution in [-0.4, -0.2) is 51.3 Å². The van der Waals surface area contributed by atoms with Crippen LogP contribution in [0.2, 0.25) is 0 Å². The third-order valence-corrected chi connectivity index (χ3v) is 10.2. The van der Waals surface area contributed by atoms with Crippen molar-refractivity contribution >= 4 is 43.7 Å². The lowest BCUT2D eigenvalue weighted by atomic mass is 9.87. The van der Waals surface area contributed by atoms with Crippen LogP contribution in [0.4, 0.5) is 41.1 Å². The van der Waals surface area contributed by atoms with E-state index in [4.69, 9.17) is 5.73 Å². The third-order valence-electron chi connectivity index (χ3n) is 8.54. The summed E-state index contributed by atoms with van der Waals surface area (Å²) in [7, 11) is -4.54. The Balaban J connectivity index is 1.53. The Bertz CT molecular complexity index is 2260. The number of aryl methyl sites for hydroxylation is 1. The van der Waals surface area contributed by atoms with E-state index in [1.807, 2.05) is 0 Å². The highest BCUT2D eigenvalue weighted by molar-refractivity contribution is 7.90. The predicted octanol–water partition coefficient (Wildman–Crippen LogP) is 7.26. The smallest absolute Gasteiger partial charge is 0.435 e. The molecule has 0 unspecified atom stereocenters. The molecule has 19 heteroatoms. The summed E-state index contributed by atoms with van der Waals surface area (Å²) in [5.74, 6) is -2.85. The molecule has 1 fully saturated rings. The maximum atomic E-state index is 14.1. The average molecular weight is 743 g/mol. The van der Waals surface area contributed by atoms with Gasteiger partial charge in [0, 0.05) is 46.9 Å². The topological polar surface area (TPSA) is 142 Å². The molecule has 1 aliphatic rings. The number of carbonyl (C=O) groups excluding carboxylic acids is 1. The molecule has 10 nitrogen and oxygen atoms in total. The Morgan fingerprint density at radius 3 is 2.35 bits per heavy atom. The quantitative estimate of drug-likeness (QED) is 0.100. The molecular weight excluding hydrogens is 716 g/mol. The second-order valence-electron chi connectivity index (χ2n) is 12.0. The summed E-state index contributed by atoms with van der Waals surface area (Å²) in [6.45, 7) is 1.71. The molecule has 1 saturated carbocycles. The lowest BCUT2D eigenvalue weighted by molar-refractivity contribution is -0.217. The van der Waals surface area contributed by atoms with E-state index >= 15 is 0 Å². The molecule has 2 aromatic carbocycles. The number of anilines is 1. The first-order valence-electron chi connectivity index (χ1n) is 15.1. The van der Waals surface area contributed by atoms with Gasteiger partial charge in [-0.1, -0.05) is 30.2 Å². The molecule has 0 amide bonds. The molecule has 3 aromatic heterocycles. The number of hydrogen-bond donors (Lipinski definition) is 2. The van der Waals surface area contributed by atoms with Crippen LogP contribution < -0.4 is 11.1 Å². The number of rotatable bonds is 7. The molecule has 0 saturated heterocycles. The van der Waals surface area contributed by atoms with Crippen LogP contribution in [-0.2, 0) is 25.7 Å². The maximum absolute atomic E-state index is 14.1. The number of benzene rings is 2. The highest BCUT2D eigenvalue weighted by Gasteiger charge is 2.49. The van der Waals surface area contributed by atoms with Crippen molar-refractivity contribution in [2.24, 2.45) is 5.73 Å². The summed E-state index contributed by atoms with van der Waals surface area (Å²) >= 11 is 0. The van der Waals surface area contributed by atoms with E-state index in [0.717, 1.165) is 30.7 Å². The van der Waals surface area contributed by atoms with Gasteiger partial charge >= 0.3 is 18.3 Å². The molecule has 5 aromatic rings. The Morgan fingerprint density at radius 1 is 1.00 bits per heavy atom. The number of esters is 1. The van der Waals surface area contributed by atoms with E-state index in [1.165, 1.54) is 24.3 Å². The second-order valence-corrected chi connectivity index (χ2v) is 13.8. The lowest BCUT2D eigenvalue weighted by Gasteiger charge is -2.40. The SMILES string of the molecule is Cc1ccc(S(=O)(=O)n2cc(-c3cnc(C(F)F)c4cnc(N[C@@H]5CCCC[C@]5(N)OC(=O)C(F)(F)F)nc34)c3ccc(C(F)(F)F)cc32)cc1. The average Bonchev–Trinajstić information content (AvgIpc) is 3.44. The van der Waals surface area contributed by atoms with Crippen molar-refractivity contribution in [3.05, 3.63) is 77.9 Å². The van der Waals surface area contributed by atoms with Crippen molar-refractivity contribution in [2.45, 2.75) is 68.0 Å². The lowest BCUT2D eigenvalue weighted by Crippen LogP contribution is -2.60. The minimum absolute atomic E-state index is 0.0352. The van der Waals surface area contributed by atoms with Crippen LogP contribution >= 0.6 is 0 Å². The number of alkyl halides is 8. The largest absolute Gasteiger partial charge is 0.490 e. The van der Waals surface area contributed by atoms with Gasteiger partial charge in [0.05, 0.1) is 27.5 Å². The first-order valence-corrected chi connectivity index (χ1v) is 16.6. The number of nitrogens with one attached hydrogen (secondary N) is 1. The summed E-state index contributed by atoms with van der Waals surface area (Å²) < 4.78 is 142. The van der Waals surface area contributed by atoms with E-state index < -0.39 is 57.8 Å². The zero-order valence-corrected chi connectivity index (χ0v) is 27.0. The van der Waals surface area contributed by atoms with Crippen LogP contribution in [0, 0.1) is 6.92 Å². The molecule has 3 N–H and O–H groups in total. The third kappa shape index (κ3) is 6.78.